The largest absolute Gasteiger partial charge is 0.370 e. The van der Waals surface area contributed by atoms with Crippen LogP contribution in [0.4, 0.5) is 5.82 Å². The number of anilines is 1. The summed E-state index contributed by atoms with van der Waals surface area (Å²) in [5.41, 5.74) is 2.56. The summed E-state index contributed by atoms with van der Waals surface area (Å²) in [5, 5.41) is 3.33. The van der Waals surface area contributed by atoms with Gasteiger partial charge in [-0.25, -0.2) is 4.98 Å². The average Bonchev–Trinajstić information content (AvgIpc) is 2.31. The van der Waals surface area contributed by atoms with Crippen LogP contribution >= 0.6 is 0 Å². The summed E-state index contributed by atoms with van der Waals surface area (Å²) in [6, 6.07) is 4.33. The first kappa shape index (κ1) is 11.0. The molecule has 2 heterocycles. The van der Waals surface area contributed by atoms with Crippen molar-refractivity contribution < 1.29 is 0 Å². The van der Waals surface area contributed by atoms with Gasteiger partial charge in [-0.1, -0.05) is 26.8 Å². The Morgan fingerprint density at radius 1 is 1.36 bits per heavy atom. The summed E-state index contributed by atoms with van der Waals surface area (Å²) < 4.78 is 0. The van der Waals surface area contributed by atoms with Crippen LogP contribution in [0.2, 0.25) is 0 Å². The molecule has 2 nitrogen and oxygen atoms in total. The monoisotopic (exact) mass is 192 g/mol. The van der Waals surface area contributed by atoms with Crippen molar-refractivity contribution in [1.82, 2.24) is 4.98 Å². The highest BCUT2D eigenvalue weighted by atomic mass is 15.0. The Morgan fingerprint density at radius 3 is 2.86 bits per heavy atom. The summed E-state index contributed by atoms with van der Waals surface area (Å²) >= 11 is 0. The van der Waals surface area contributed by atoms with Crippen molar-refractivity contribution in [2.75, 3.05) is 11.9 Å². The zero-order valence-electron chi connectivity index (χ0n) is 9.43. The Hall–Kier alpha value is -1.05. The third-order valence-electron chi connectivity index (χ3n) is 2.31. The summed E-state index contributed by atoms with van der Waals surface area (Å²) in [5.74, 6) is 1.11. The highest BCUT2D eigenvalue weighted by Gasteiger charge is 2.08. The maximum absolute atomic E-state index is 4.52. The van der Waals surface area contributed by atoms with Gasteiger partial charge >= 0.3 is 0 Å². The molecule has 0 unspecified atom stereocenters. The lowest BCUT2D eigenvalue weighted by molar-refractivity contribution is 0.811. The average molecular weight is 192 g/mol. The zero-order valence-corrected chi connectivity index (χ0v) is 9.43. The molecule has 0 aromatic carbocycles. The maximum Gasteiger partial charge on any atom is 0.129 e. The van der Waals surface area contributed by atoms with Gasteiger partial charge in [0, 0.05) is 12.2 Å². The van der Waals surface area contributed by atoms with Crippen LogP contribution in [-0.4, -0.2) is 11.5 Å². The van der Waals surface area contributed by atoms with Gasteiger partial charge in [0.05, 0.1) is 0 Å². The van der Waals surface area contributed by atoms with Crippen LogP contribution in [-0.2, 0) is 12.8 Å². The minimum absolute atomic E-state index is 1.02. The van der Waals surface area contributed by atoms with E-state index >= 15 is 0 Å². The van der Waals surface area contributed by atoms with Crippen molar-refractivity contribution >= 4 is 5.82 Å². The standard InChI is InChI=1S/C10H14N2.C2H6/c1-2-9-6-5-8-4-3-7-11-10(8)12-9;1-2/h5-6H,2-4,7H2,1H3,(H,11,12);1-2H3. The molecule has 1 aromatic rings. The Morgan fingerprint density at radius 2 is 2.14 bits per heavy atom. The molecule has 2 rings (SSSR count). The number of nitrogens with one attached hydrogen (secondary N) is 1. The van der Waals surface area contributed by atoms with E-state index in [1.165, 1.54) is 24.1 Å². The van der Waals surface area contributed by atoms with E-state index in [-0.39, 0.29) is 0 Å². The molecule has 2 heteroatoms. The molecule has 1 N–H and O–H groups in total. The Kier molecular flexibility index (Phi) is 4.44. The molecule has 0 spiro atoms. The first-order valence-electron chi connectivity index (χ1n) is 5.63. The molecule has 0 bridgehead atoms. The van der Waals surface area contributed by atoms with Gasteiger partial charge < -0.3 is 5.32 Å². The molecule has 0 fully saturated rings. The molecule has 1 aliphatic heterocycles. The number of aromatic nitrogens is 1. The van der Waals surface area contributed by atoms with E-state index < -0.39 is 0 Å². The quantitative estimate of drug-likeness (QED) is 0.739. The van der Waals surface area contributed by atoms with E-state index in [2.05, 4.69) is 29.4 Å². The van der Waals surface area contributed by atoms with Crippen LogP contribution in [0.3, 0.4) is 0 Å². The Balaban J connectivity index is 0.000000461. The number of pyridine rings is 1. The van der Waals surface area contributed by atoms with Crippen molar-refractivity contribution in [3.63, 3.8) is 0 Å². The van der Waals surface area contributed by atoms with E-state index in [4.69, 9.17) is 0 Å². The second-order valence-corrected chi connectivity index (χ2v) is 3.19. The molecule has 0 radical (unpaired) electrons. The fourth-order valence-corrected chi connectivity index (χ4v) is 1.57. The second-order valence-electron chi connectivity index (χ2n) is 3.19. The van der Waals surface area contributed by atoms with Crippen LogP contribution in [0.25, 0.3) is 0 Å². The van der Waals surface area contributed by atoms with Crippen LogP contribution in [0.15, 0.2) is 12.1 Å². The highest BCUT2D eigenvalue weighted by molar-refractivity contribution is 5.46. The van der Waals surface area contributed by atoms with Gasteiger partial charge in [-0.2, -0.15) is 0 Å². The topological polar surface area (TPSA) is 24.9 Å². The molecular weight excluding hydrogens is 172 g/mol. The van der Waals surface area contributed by atoms with Gasteiger partial charge in [0.15, 0.2) is 0 Å². The number of hydrogen-bond acceptors (Lipinski definition) is 2. The summed E-state index contributed by atoms with van der Waals surface area (Å²) in [6.07, 6.45) is 3.44. The number of rotatable bonds is 1. The second kappa shape index (κ2) is 5.63. The van der Waals surface area contributed by atoms with E-state index in [1.807, 2.05) is 13.8 Å². The SMILES string of the molecule is CC.CCc1ccc2c(n1)NCCC2. The molecule has 0 saturated heterocycles. The fourth-order valence-electron chi connectivity index (χ4n) is 1.57. The summed E-state index contributed by atoms with van der Waals surface area (Å²) in [7, 11) is 0. The molecule has 0 saturated carbocycles. The van der Waals surface area contributed by atoms with E-state index in [0.29, 0.717) is 0 Å². The Labute approximate surface area is 86.8 Å². The molecule has 1 aliphatic rings. The molecular formula is C12H20N2. The van der Waals surface area contributed by atoms with Gasteiger partial charge in [0.2, 0.25) is 0 Å². The molecule has 0 amide bonds. The molecule has 0 atom stereocenters. The number of fused-ring (bicyclic) bond motifs is 1. The minimum atomic E-state index is 1.02. The lowest BCUT2D eigenvalue weighted by Crippen LogP contribution is -2.13. The van der Waals surface area contributed by atoms with Gasteiger partial charge in [0.1, 0.15) is 5.82 Å². The van der Waals surface area contributed by atoms with Gasteiger partial charge in [-0.3, -0.25) is 0 Å². The van der Waals surface area contributed by atoms with Crippen molar-refractivity contribution in [3.8, 4) is 0 Å². The first-order chi connectivity index (χ1) is 6.90. The van der Waals surface area contributed by atoms with Gasteiger partial charge in [-0.05, 0) is 30.9 Å². The van der Waals surface area contributed by atoms with Crippen molar-refractivity contribution in [3.05, 3.63) is 23.4 Å². The van der Waals surface area contributed by atoms with Crippen LogP contribution in [0.1, 0.15) is 38.4 Å². The van der Waals surface area contributed by atoms with Crippen molar-refractivity contribution in [2.45, 2.75) is 40.0 Å². The van der Waals surface area contributed by atoms with Crippen molar-refractivity contribution in [1.29, 1.82) is 0 Å². The molecule has 78 valence electrons. The number of nitrogens with zero attached hydrogens (tertiary/aromatic N) is 1. The normalized spacial score (nSPS) is 13.4. The van der Waals surface area contributed by atoms with Crippen LogP contribution in [0, 0.1) is 0 Å². The van der Waals surface area contributed by atoms with Crippen LogP contribution in [0.5, 0.6) is 0 Å². The van der Waals surface area contributed by atoms with Gasteiger partial charge in [0.25, 0.3) is 0 Å². The van der Waals surface area contributed by atoms with Crippen molar-refractivity contribution in [2.24, 2.45) is 0 Å². The lowest BCUT2D eigenvalue weighted by Gasteiger charge is -2.16. The number of aryl methyl sites for hydroxylation is 2. The van der Waals surface area contributed by atoms with E-state index in [1.54, 1.807) is 0 Å². The van der Waals surface area contributed by atoms with E-state index in [9.17, 15) is 0 Å². The predicted octanol–water partition coefficient (Wildman–Crippen LogP) is 3.03. The van der Waals surface area contributed by atoms with Gasteiger partial charge in [-0.15, -0.1) is 0 Å². The Bertz CT molecular complexity index is 282. The summed E-state index contributed by atoms with van der Waals surface area (Å²) in [6.45, 7) is 7.21. The highest BCUT2D eigenvalue weighted by Crippen LogP contribution is 2.19. The first-order valence-corrected chi connectivity index (χ1v) is 5.63. The van der Waals surface area contributed by atoms with Crippen LogP contribution < -0.4 is 5.32 Å². The smallest absolute Gasteiger partial charge is 0.129 e. The third kappa shape index (κ3) is 2.47. The third-order valence-corrected chi connectivity index (χ3v) is 2.31. The molecule has 0 aliphatic carbocycles. The predicted molar refractivity (Wildman–Crippen MR) is 61.8 cm³/mol. The molecule has 1 aromatic heterocycles. The fraction of sp³-hybridized carbons (Fsp3) is 0.583. The lowest BCUT2D eigenvalue weighted by atomic mass is 10.1. The zero-order chi connectivity index (χ0) is 10.4. The summed E-state index contributed by atoms with van der Waals surface area (Å²) in [4.78, 5) is 4.52. The molecule has 14 heavy (non-hydrogen) atoms. The maximum atomic E-state index is 4.52. The van der Waals surface area contributed by atoms with E-state index in [0.717, 1.165) is 18.8 Å². The number of hydrogen-bond donors (Lipinski definition) is 1. The minimum Gasteiger partial charge on any atom is -0.370 e.